The lowest BCUT2D eigenvalue weighted by Crippen LogP contribution is -2.26. The molecule has 1 saturated carbocycles. The summed E-state index contributed by atoms with van der Waals surface area (Å²) >= 11 is 0. The van der Waals surface area contributed by atoms with Gasteiger partial charge in [-0.05, 0) is 37.1 Å². The lowest BCUT2D eigenvalue weighted by Gasteiger charge is -2.26. The Balaban J connectivity index is 1.51. The number of methoxy groups -OCH3 is 1. The van der Waals surface area contributed by atoms with Gasteiger partial charge >= 0.3 is 0 Å². The summed E-state index contributed by atoms with van der Waals surface area (Å²) in [4.78, 5) is 4.82. The molecule has 0 bridgehead atoms. The quantitative estimate of drug-likeness (QED) is 0.703. The highest BCUT2D eigenvalue weighted by molar-refractivity contribution is 5.76. The highest BCUT2D eigenvalue weighted by Crippen LogP contribution is 2.37. The van der Waals surface area contributed by atoms with Gasteiger partial charge in [0.2, 0.25) is 0 Å². The van der Waals surface area contributed by atoms with Crippen molar-refractivity contribution in [2.45, 2.75) is 37.8 Å². The second-order valence-electron chi connectivity index (χ2n) is 6.81. The Hall–Kier alpha value is -2.53. The van der Waals surface area contributed by atoms with Crippen LogP contribution in [0, 0.1) is 0 Å². The first-order valence-electron chi connectivity index (χ1n) is 9.15. The van der Waals surface area contributed by atoms with Crippen molar-refractivity contribution in [3.8, 4) is 11.5 Å². The van der Waals surface area contributed by atoms with Crippen molar-refractivity contribution in [3.05, 3.63) is 54.4 Å². The predicted octanol–water partition coefficient (Wildman–Crippen LogP) is 3.75. The molecular formula is C21H24N2O3. The van der Waals surface area contributed by atoms with Crippen LogP contribution in [-0.4, -0.2) is 34.5 Å². The van der Waals surface area contributed by atoms with E-state index in [0.29, 0.717) is 24.0 Å². The number of para-hydroxylation sites is 4. The molecule has 1 fully saturated rings. The van der Waals surface area contributed by atoms with Gasteiger partial charge in [0, 0.05) is 5.92 Å². The fourth-order valence-corrected chi connectivity index (χ4v) is 3.45. The first-order valence-corrected chi connectivity index (χ1v) is 9.15. The molecule has 5 heteroatoms. The van der Waals surface area contributed by atoms with Crippen molar-refractivity contribution >= 4 is 11.0 Å². The molecular weight excluding hydrogens is 328 g/mol. The third-order valence-corrected chi connectivity index (χ3v) is 5.05. The normalized spacial score (nSPS) is 15.6. The van der Waals surface area contributed by atoms with E-state index in [9.17, 15) is 5.11 Å². The number of benzene rings is 2. The zero-order valence-electron chi connectivity index (χ0n) is 15.0. The predicted molar refractivity (Wildman–Crippen MR) is 101 cm³/mol. The largest absolute Gasteiger partial charge is 0.493 e. The van der Waals surface area contributed by atoms with Crippen LogP contribution in [0.3, 0.4) is 0 Å². The van der Waals surface area contributed by atoms with Crippen LogP contribution in [0.2, 0.25) is 0 Å². The maximum Gasteiger partial charge on any atom is 0.161 e. The molecule has 0 amide bonds. The highest BCUT2D eigenvalue weighted by atomic mass is 16.5. The molecule has 1 unspecified atom stereocenters. The number of ether oxygens (including phenoxy) is 2. The lowest BCUT2D eigenvalue weighted by atomic mass is 9.85. The van der Waals surface area contributed by atoms with Crippen LogP contribution in [0.15, 0.2) is 48.5 Å². The van der Waals surface area contributed by atoms with Crippen molar-refractivity contribution in [3.63, 3.8) is 0 Å². The lowest BCUT2D eigenvalue weighted by molar-refractivity contribution is 0.0905. The van der Waals surface area contributed by atoms with Gasteiger partial charge in [-0.3, -0.25) is 0 Å². The maximum absolute atomic E-state index is 10.6. The van der Waals surface area contributed by atoms with Crippen LogP contribution in [0.4, 0.5) is 0 Å². The number of hydrogen-bond donors (Lipinski definition) is 1. The number of fused-ring (bicyclic) bond motifs is 1. The molecule has 136 valence electrons. The van der Waals surface area contributed by atoms with Gasteiger partial charge in [0.15, 0.2) is 11.5 Å². The summed E-state index contributed by atoms with van der Waals surface area (Å²) in [5.41, 5.74) is 2.07. The number of aliphatic hydroxyl groups excluding tert-OH is 1. The van der Waals surface area contributed by atoms with Crippen molar-refractivity contribution in [2.24, 2.45) is 0 Å². The Morgan fingerprint density at radius 2 is 1.85 bits per heavy atom. The fourth-order valence-electron chi connectivity index (χ4n) is 3.45. The third kappa shape index (κ3) is 3.27. The smallest absolute Gasteiger partial charge is 0.161 e. The summed E-state index contributed by atoms with van der Waals surface area (Å²) < 4.78 is 13.2. The van der Waals surface area contributed by atoms with E-state index >= 15 is 0 Å². The summed E-state index contributed by atoms with van der Waals surface area (Å²) in [7, 11) is 1.61. The van der Waals surface area contributed by atoms with E-state index < -0.39 is 6.10 Å². The molecule has 1 atom stereocenters. The number of imidazole rings is 1. The average Bonchev–Trinajstić information content (AvgIpc) is 2.97. The molecule has 1 aliphatic rings. The first-order chi connectivity index (χ1) is 12.8. The molecule has 0 radical (unpaired) electrons. The van der Waals surface area contributed by atoms with Crippen molar-refractivity contribution in [2.75, 3.05) is 13.7 Å². The number of hydrogen-bond acceptors (Lipinski definition) is 4. The molecule has 1 aromatic heterocycles. The van der Waals surface area contributed by atoms with Gasteiger partial charge in [0.05, 0.1) is 24.7 Å². The minimum Gasteiger partial charge on any atom is -0.493 e. The molecule has 0 spiro atoms. The summed E-state index contributed by atoms with van der Waals surface area (Å²) in [6, 6.07) is 15.6. The van der Waals surface area contributed by atoms with E-state index in [0.717, 1.165) is 16.9 Å². The number of nitrogens with zero attached hydrogens (tertiary/aromatic N) is 2. The monoisotopic (exact) mass is 352 g/mol. The Kier molecular flexibility index (Phi) is 4.80. The summed E-state index contributed by atoms with van der Waals surface area (Å²) in [5.74, 6) is 2.91. The van der Waals surface area contributed by atoms with Crippen LogP contribution in [0.25, 0.3) is 11.0 Å². The first kappa shape index (κ1) is 16.9. The molecule has 0 saturated heterocycles. The van der Waals surface area contributed by atoms with E-state index in [2.05, 4.69) is 10.6 Å². The third-order valence-electron chi connectivity index (χ3n) is 5.05. The van der Waals surface area contributed by atoms with Gasteiger partial charge in [-0.2, -0.15) is 0 Å². The van der Waals surface area contributed by atoms with Gasteiger partial charge < -0.3 is 19.1 Å². The molecule has 5 nitrogen and oxygen atoms in total. The molecule has 3 aromatic rings. The molecule has 0 aliphatic heterocycles. The highest BCUT2D eigenvalue weighted by Gasteiger charge is 2.26. The average molecular weight is 352 g/mol. The van der Waals surface area contributed by atoms with Gasteiger partial charge in [0.1, 0.15) is 18.5 Å². The molecule has 1 heterocycles. The van der Waals surface area contributed by atoms with Crippen molar-refractivity contribution in [1.29, 1.82) is 0 Å². The second-order valence-corrected chi connectivity index (χ2v) is 6.81. The Morgan fingerprint density at radius 3 is 2.58 bits per heavy atom. The molecule has 2 aromatic carbocycles. The summed E-state index contributed by atoms with van der Waals surface area (Å²) in [6.45, 7) is 0.679. The SMILES string of the molecule is COc1ccccc1OCC(O)Cn1c(C2CCC2)nc2ccccc21. The maximum atomic E-state index is 10.6. The Bertz CT molecular complexity index is 886. The van der Waals surface area contributed by atoms with Gasteiger partial charge in [-0.25, -0.2) is 4.98 Å². The van der Waals surface area contributed by atoms with E-state index in [-0.39, 0.29) is 6.61 Å². The molecule has 1 N–H and O–H groups in total. The zero-order valence-corrected chi connectivity index (χ0v) is 15.0. The van der Waals surface area contributed by atoms with E-state index in [1.54, 1.807) is 7.11 Å². The molecule has 1 aliphatic carbocycles. The van der Waals surface area contributed by atoms with Crippen molar-refractivity contribution in [1.82, 2.24) is 9.55 Å². The van der Waals surface area contributed by atoms with Crippen LogP contribution in [-0.2, 0) is 6.54 Å². The minimum absolute atomic E-state index is 0.205. The van der Waals surface area contributed by atoms with Crippen LogP contribution in [0.5, 0.6) is 11.5 Å². The molecule has 26 heavy (non-hydrogen) atoms. The minimum atomic E-state index is -0.628. The number of aromatic nitrogens is 2. The van der Waals surface area contributed by atoms with Gasteiger partial charge in [-0.1, -0.05) is 30.7 Å². The van der Waals surface area contributed by atoms with Gasteiger partial charge in [0.25, 0.3) is 0 Å². The van der Waals surface area contributed by atoms with Crippen LogP contribution >= 0.6 is 0 Å². The number of aliphatic hydroxyl groups is 1. The Labute approximate surface area is 153 Å². The van der Waals surface area contributed by atoms with Gasteiger partial charge in [-0.15, -0.1) is 0 Å². The Morgan fingerprint density at radius 1 is 1.12 bits per heavy atom. The molecule has 4 rings (SSSR count). The topological polar surface area (TPSA) is 56.5 Å². The van der Waals surface area contributed by atoms with Crippen LogP contribution in [0.1, 0.15) is 31.0 Å². The fraction of sp³-hybridized carbons (Fsp3) is 0.381. The number of rotatable bonds is 7. The zero-order chi connectivity index (χ0) is 17.9. The van der Waals surface area contributed by atoms with E-state index in [4.69, 9.17) is 14.5 Å². The second kappa shape index (κ2) is 7.38. The van der Waals surface area contributed by atoms with E-state index in [1.807, 2.05) is 42.5 Å². The van der Waals surface area contributed by atoms with Crippen molar-refractivity contribution < 1.29 is 14.6 Å². The summed E-state index contributed by atoms with van der Waals surface area (Å²) in [6.07, 6.45) is 2.98. The summed E-state index contributed by atoms with van der Waals surface area (Å²) in [5, 5.41) is 10.6. The van der Waals surface area contributed by atoms with Crippen LogP contribution < -0.4 is 9.47 Å². The standard InChI is InChI=1S/C21H24N2O3/c1-25-19-11-4-5-12-20(19)26-14-16(24)13-23-18-10-3-2-9-17(18)22-21(23)15-7-6-8-15/h2-5,9-12,15-16,24H,6-8,13-14H2,1H3. The van der Waals surface area contributed by atoms with E-state index in [1.165, 1.54) is 19.3 Å².